The standard InChI is InChI=1S/C17H28N2O3/c1-15-2-4-16(5-3-15)13-22-14-17(21)12-19-8-6-18(7-9-19)10-11-20/h2-5,17,20-21H,6-14H2,1H3. The van der Waals surface area contributed by atoms with Crippen molar-refractivity contribution >= 4 is 0 Å². The molecule has 1 unspecified atom stereocenters. The van der Waals surface area contributed by atoms with Gasteiger partial charge in [0.05, 0.1) is 25.9 Å². The van der Waals surface area contributed by atoms with Gasteiger partial charge in [0, 0.05) is 39.3 Å². The number of hydrogen-bond acceptors (Lipinski definition) is 5. The Balaban J connectivity index is 1.60. The molecule has 1 aliphatic heterocycles. The van der Waals surface area contributed by atoms with Gasteiger partial charge in [-0.05, 0) is 12.5 Å². The van der Waals surface area contributed by atoms with Gasteiger partial charge in [0.15, 0.2) is 0 Å². The molecule has 0 aliphatic carbocycles. The number of ether oxygens (including phenoxy) is 1. The van der Waals surface area contributed by atoms with Crippen LogP contribution >= 0.6 is 0 Å². The van der Waals surface area contributed by atoms with E-state index in [9.17, 15) is 5.11 Å². The highest BCUT2D eigenvalue weighted by Gasteiger charge is 2.18. The Bertz CT molecular complexity index is 416. The molecule has 1 saturated heterocycles. The smallest absolute Gasteiger partial charge is 0.0900 e. The van der Waals surface area contributed by atoms with Crippen molar-refractivity contribution in [3.8, 4) is 0 Å². The zero-order valence-corrected chi connectivity index (χ0v) is 13.4. The van der Waals surface area contributed by atoms with E-state index in [1.807, 2.05) is 0 Å². The number of aliphatic hydroxyl groups is 2. The van der Waals surface area contributed by atoms with Crippen LogP contribution in [0.25, 0.3) is 0 Å². The first-order chi connectivity index (χ1) is 10.7. The minimum Gasteiger partial charge on any atom is -0.395 e. The average Bonchev–Trinajstić information content (AvgIpc) is 2.51. The summed E-state index contributed by atoms with van der Waals surface area (Å²) in [5, 5.41) is 19.0. The third kappa shape index (κ3) is 6.02. The van der Waals surface area contributed by atoms with Crippen LogP contribution in [0.2, 0.25) is 0 Å². The summed E-state index contributed by atoms with van der Waals surface area (Å²) in [7, 11) is 0. The van der Waals surface area contributed by atoms with E-state index in [1.54, 1.807) is 0 Å². The molecule has 5 heteroatoms. The molecule has 22 heavy (non-hydrogen) atoms. The molecule has 0 spiro atoms. The maximum atomic E-state index is 10.1. The zero-order chi connectivity index (χ0) is 15.8. The van der Waals surface area contributed by atoms with Gasteiger partial charge in [-0.1, -0.05) is 29.8 Å². The highest BCUT2D eigenvalue weighted by molar-refractivity contribution is 5.20. The molecular weight excluding hydrogens is 280 g/mol. The van der Waals surface area contributed by atoms with Crippen molar-refractivity contribution in [3.63, 3.8) is 0 Å². The summed E-state index contributed by atoms with van der Waals surface area (Å²) in [4.78, 5) is 4.50. The number of benzene rings is 1. The molecule has 1 atom stereocenters. The summed E-state index contributed by atoms with van der Waals surface area (Å²) < 4.78 is 5.60. The van der Waals surface area contributed by atoms with Gasteiger partial charge in [-0.15, -0.1) is 0 Å². The van der Waals surface area contributed by atoms with Crippen molar-refractivity contribution in [3.05, 3.63) is 35.4 Å². The summed E-state index contributed by atoms with van der Waals surface area (Å²) >= 11 is 0. The summed E-state index contributed by atoms with van der Waals surface area (Å²) in [5.41, 5.74) is 2.37. The van der Waals surface area contributed by atoms with Gasteiger partial charge in [0.2, 0.25) is 0 Å². The van der Waals surface area contributed by atoms with Gasteiger partial charge < -0.3 is 14.9 Å². The molecule has 1 aliphatic rings. The lowest BCUT2D eigenvalue weighted by molar-refractivity contribution is 0.000518. The van der Waals surface area contributed by atoms with Crippen molar-refractivity contribution < 1.29 is 14.9 Å². The number of nitrogens with zero attached hydrogens (tertiary/aromatic N) is 2. The SMILES string of the molecule is Cc1ccc(COCC(O)CN2CCN(CCO)CC2)cc1. The topological polar surface area (TPSA) is 56.2 Å². The Labute approximate surface area is 133 Å². The zero-order valence-electron chi connectivity index (χ0n) is 13.4. The summed E-state index contributed by atoms with van der Waals surface area (Å²) in [5.74, 6) is 0. The molecule has 1 aromatic carbocycles. The normalized spacial score (nSPS) is 18.5. The Morgan fingerprint density at radius 3 is 2.36 bits per heavy atom. The minimum absolute atomic E-state index is 0.218. The van der Waals surface area contributed by atoms with Crippen LogP contribution in [0.4, 0.5) is 0 Å². The van der Waals surface area contributed by atoms with E-state index < -0.39 is 6.10 Å². The fourth-order valence-corrected chi connectivity index (χ4v) is 2.68. The van der Waals surface area contributed by atoms with E-state index in [0.717, 1.165) is 38.3 Å². The van der Waals surface area contributed by atoms with Crippen LogP contribution < -0.4 is 0 Å². The molecule has 1 fully saturated rings. The lowest BCUT2D eigenvalue weighted by Gasteiger charge is -2.35. The van der Waals surface area contributed by atoms with E-state index in [-0.39, 0.29) is 6.61 Å². The second-order valence-electron chi connectivity index (χ2n) is 6.02. The van der Waals surface area contributed by atoms with E-state index in [0.29, 0.717) is 19.8 Å². The Morgan fingerprint density at radius 1 is 1.09 bits per heavy atom. The van der Waals surface area contributed by atoms with Crippen molar-refractivity contribution in [2.75, 3.05) is 52.5 Å². The summed E-state index contributed by atoms with van der Waals surface area (Å²) in [6, 6.07) is 8.26. The highest BCUT2D eigenvalue weighted by atomic mass is 16.5. The van der Waals surface area contributed by atoms with E-state index in [4.69, 9.17) is 9.84 Å². The molecule has 0 bridgehead atoms. The molecule has 5 nitrogen and oxygen atoms in total. The molecule has 2 N–H and O–H groups in total. The van der Waals surface area contributed by atoms with Crippen molar-refractivity contribution in [2.24, 2.45) is 0 Å². The fourth-order valence-electron chi connectivity index (χ4n) is 2.68. The van der Waals surface area contributed by atoms with Crippen molar-refractivity contribution in [2.45, 2.75) is 19.6 Å². The Morgan fingerprint density at radius 2 is 1.73 bits per heavy atom. The number of rotatable bonds is 8. The summed E-state index contributed by atoms with van der Waals surface area (Å²) in [6.07, 6.45) is -0.449. The van der Waals surface area contributed by atoms with Crippen LogP contribution in [0.5, 0.6) is 0 Å². The Kier molecular flexibility index (Phi) is 7.29. The molecule has 0 saturated carbocycles. The quantitative estimate of drug-likeness (QED) is 0.732. The average molecular weight is 308 g/mol. The number of hydrogen-bond donors (Lipinski definition) is 2. The molecule has 124 valence electrons. The van der Waals surface area contributed by atoms with Crippen LogP contribution in [0.15, 0.2) is 24.3 Å². The first-order valence-electron chi connectivity index (χ1n) is 8.04. The number of aryl methyl sites for hydroxylation is 1. The van der Waals surface area contributed by atoms with Crippen LogP contribution in [-0.2, 0) is 11.3 Å². The third-order valence-electron chi connectivity index (χ3n) is 4.05. The number of β-amino-alcohol motifs (C(OH)–C–C–N with tert-alkyl or cyclic N) is 2. The van der Waals surface area contributed by atoms with E-state index in [1.165, 1.54) is 5.56 Å². The van der Waals surface area contributed by atoms with Crippen LogP contribution in [0.1, 0.15) is 11.1 Å². The monoisotopic (exact) mass is 308 g/mol. The maximum absolute atomic E-state index is 10.1. The molecule has 1 heterocycles. The highest BCUT2D eigenvalue weighted by Crippen LogP contribution is 2.06. The van der Waals surface area contributed by atoms with Gasteiger partial charge in [-0.25, -0.2) is 0 Å². The molecule has 2 rings (SSSR count). The Hall–Kier alpha value is -0.980. The van der Waals surface area contributed by atoms with Gasteiger partial charge >= 0.3 is 0 Å². The minimum atomic E-state index is -0.449. The second-order valence-corrected chi connectivity index (χ2v) is 6.02. The number of piperazine rings is 1. The molecule has 0 radical (unpaired) electrons. The largest absolute Gasteiger partial charge is 0.395 e. The second kappa shape index (κ2) is 9.22. The lowest BCUT2D eigenvalue weighted by atomic mass is 10.2. The van der Waals surface area contributed by atoms with Gasteiger partial charge in [-0.2, -0.15) is 0 Å². The van der Waals surface area contributed by atoms with Gasteiger partial charge in [-0.3, -0.25) is 9.80 Å². The molecule has 0 amide bonds. The van der Waals surface area contributed by atoms with Gasteiger partial charge in [0.1, 0.15) is 0 Å². The van der Waals surface area contributed by atoms with Crippen molar-refractivity contribution in [1.29, 1.82) is 0 Å². The van der Waals surface area contributed by atoms with E-state index >= 15 is 0 Å². The van der Waals surface area contributed by atoms with Crippen molar-refractivity contribution in [1.82, 2.24) is 9.80 Å². The van der Waals surface area contributed by atoms with E-state index in [2.05, 4.69) is 41.0 Å². The first-order valence-corrected chi connectivity index (χ1v) is 8.04. The maximum Gasteiger partial charge on any atom is 0.0900 e. The summed E-state index contributed by atoms with van der Waals surface area (Å²) in [6.45, 7) is 8.38. The molecule has 0 aromatic heterocycles. The van der Waals surface area contributed by atoms with Gasteiger partial charge in [0.25, 0.3) is 0 Å². The predicted octanol–water partition coefficient (Wildman–Crippen LogP) is 0.482. The van der Waals surface area contributed by atoms with Crippen LogP contribution in [0, 0.1) is 6.92 Å². The first kappa shape index (κ1) is 17.4. The molecule has 1 aromatic rings. The predicted molar refractivity (Wildman–Crippen MR) is 86.8 cm³/mol. The third-order valence-corrected chi connectivity index (χ3v) is 4.05. The lowest BCUT2D eigenvalue weighted by Crippen LogP contribution is -2.49. The fraction of sp³-hybridized carbons (Fsp3) is 0.647. The molecular formula is C17H28N2O3. The number of aliphatic hydroxyl groups excluding tert-OH is 2. The van der Waals surface area contributed by atoms with Crippen LogP contribution in [-0.4, -0.2) is 78.6 Å². The van der Waals surface area contributed by atoms with Crippen LogP contribution in [0.3, 0.4) is 0 Å².